The Labute approximate surface area is 133 Å². The van der Waals surface area contributed by atoms with Crippen LogP contribution in [0.2, 0.25) is 0 Å². The number of nitrogens with two attached hydrogens (primary N) is 1. The van der Waals surface area contributed by atoms with E-state index < -0.39 is 29.6 Å². The average molecular weight is 379 g/mol. The van der Waals surface area contributed by atoms with Crippen molar-refractivity contribution < 1.29 is 22.8 Å². The minimum absolute atomic E-state index is 0.133. The lowest BCUT2D eigenvalue weighted by Crippen LogP contribution is -2.45. The van der Waals surface area contributed by atoms with E-state index in [4.69, 9.17) is 5.73 Å². The number of carbonyl (C=O) groups is 2. The largest absolute Gasteiger partial charge is 0.416 e. The molecule has 1 atom stereocenters. The summed E-state index contributed by atoms with van der Waals surface area (Å²) >= 11 is 3.07. The van der Waals surface area contributed by atoms with E-state index in [2.05, 4.69) is 27.8 Å². The molecule has 22 heavy (non-hydrogen) atoms. The van der Waals surface area contributed by atoms with Gasteiger partial charge in [0, 0.05) is 6.42 Å². The van der Waals surface area contributed by atoms with Crippen LogP contribution in [0, 0.1) is 0 Å². The maximum absolute atomic E-state index is 12.4. The third-order valence-corrected chi connectivity index (χ3v) is 3.07. The van der Waals surface area contributed by atoms with Crippen molar-refractivity contribution >= 4 is 27.7 Å². The first kappa shape index (κ1) is 18.2. The maximum Gasteiger partial charge on any atom is 0.416 e. The minimum Gasteiger partial charge on any atom is -0.368 e. The number of primary amides is 1. The number of hydrogen-bond donors (Lipinski definition) is 2. The van der Waals surface area contributed by atoms with Crippen molar-refractivity contribution in [3.63, 3.8) is 0 Å². The molecule has 120 valence electrons. The van der Waals surface area contributed by atoms with Gasteiger partial charge in [0.05, 0.1) is 12.0 Å². The summed E-state index contributed by atoms with van der Waals surface area (Å²) in [6, 6.07) is 3.30. The normalized spacial score (nSPS) is 12.5. The molecule has 0 aromatic heterocycles. The first-order valence-electron chi connectivity index (χ1n) is 6.17. The molecule has 1 aromatic rings. The molecule has 4 nitrogen and oxygen atoms in total. The molecule has 0 unspecified atom stereocenters. The molecule has 0 aliphatic carbocycles. The molecule has 8 heteroatoms. The number of hydrogen-bond acceptors (Lipinski definition) is 2. The van der Waals surface area contributed by atoms with Gasteiger partial charge in [-0.15, -0.1) is 0 Å². The highest BCUT2D eigenvalue weighted by molar-refractivity contribution is 9.11. The molecule has 3 N–H and O–H groups in total. The second-order valence-corrected chi connectivity index (χ2v) is 5.74. The second-order valence-electron chi connectivity index (χ2n) is 4.62. The van der Waals surface area contributed by atoms with Gasteiger partial charge < -0.3 is 11.1 Å². The average Bonchev–Trinajstić information content (AvgIpc) is 2.36. The summed E-state index contributed by atoms with van der Waals surface area (Å²) in [4.78, 5) is 23.0. The molecule has 0 spiro atoms. The third kappa shape index (κ3) is 5.88. The first-order chi connectivity index (χ1) is 10.1. The molecular weight excluding hydrogens is 365 g/mol. The summed E-state index contributed by atoms with van der Waals surface area (Å²) in [5.41, 5.74) is 4.76. The van der Waals surface area contributed by atoms with Crippen molar-refractivity contribution in [2.75, 3.05) is 0 Å². The molecule has 1 rings (SSSR count). The standard InChI is InChI=1S/C14H14BrF3N2O2/c1-8(15)6-11(13(19)22)20-12(21)7-9-2-4-10(5-3-9)14(16,17)18/h2-5,11H,1,6-7H2,(H2,19,22)(H,20,21)/t11-/m0/s1. The molecule has 0 aliphatic heterocycles. The van der Waals surface area contributed by atoms with Crippen LogP contribution in [0.25, 0.3) is 0 Å². The number of benzene rings is 1. The highest BCUT2D eigenvalue weighted by atomic mass is 79.9. The van der Waals surface area contributed by atoms with Crippen LogP contribution in [0.3, 0.4) is 0 Å². The lowest BCUT2D eigenvalue weighted by atomic mass is 10.1. The SMILES string of the molecule is C=C(Br)C[C@H](NC(=O)Cc1ccc(C(F)(F)F)cc1)C(N)=O. The van der Waals surface area contributed by atoms with Crippen LogP contribution >= 0.6 is 15.9 Å². The fourth-order valence-electron chi connectivity index (χ4n) is 1.69. The fourth-order valence-corrected chi connectivity index (χ4v) is 2.01. The number of halogens is 4. The Bertz CT molecular complexity index is 570. The summed E-state index contributed by atoms with van der Waals surface area (Å²) in [5.74, 6) is -1.24. The van der Waals surface area contributed by atoms with Crippen LogP contribution in [0.1, 0.15) is 17.5 Å². The second kappa shape index (κ2) is 7.44. The molecule has 0 saturated heterocycles. The van der Waals surface area contributed by atoms with Gasteiger partial charge in [-0.2, -0.15) is 13.2 Å². The fraction of sp³-hybridized carbons (Fsp3) is 0.286. The van der Waals surface area contributed by atoms with Gasteiger partial charge in [0.2, 0.25) is 11.8 Å². The summed E-state index contributed by atoms with van der Waals surface area (Å²) < 4.78 is 37.8. The van der Waals surface area contributed by atoms with Crippen LogP contribution in [-0.2, 0) is 22.2 Å². The van der Waals surface area contributed by atoms with Crippen molar-refractivity contribution in [2.45, 2.75) is 25.1 Å². The first-order valence-corrected chi connectivity index (χ1v) is 6.97. The quantitative estimate of drug-likeness (QED) is 0.798. The highest BCUT2D eigenvalue weighted by Gasteiger charge is 2.30. The van der Waals surface area contributed by atoms with Crippen molar-refractivity contribution in [1.29, 1.82) is 0 Å². The number of rotatable bonds is 6. The summed E-state index contributed by atoms with van der Waals surface area (Å²) in [6.07, 6.45) is -4.45. The Morgan fingerprint density at radius 2 is 1.82 bits per heavy atom. The molecule has 0 saturated carbocycles. The molecule has 0 radical (unpaired) electrons. The Morgan fingerprint density at radius 1 is 1.27 bits per heavy atom. The highest BCUT2D eigenvalue weighted by Crippen LogP contribution is 2.29. The summed E-state index contributed by atoms with van der Waals surface area (Å²) in [5, 5.41) is 2.41. The van der Waals surface area contributed by atoms with Crippen LogP contribution in [0.5, 0.6) is 0 Å². The molecular formula is C14H14BrF3N2O2. The molecule has 0 bridgehead atoms. The third-order valence-electron chi connectivity index (χ3n) is 2.75. The van der Waals surface area contributed by atoms with Crippen molar-refractivity contribution in [3.05, 3.63) is 46.5 Å². The molecule has 2 amide bonds. The van der Waals surface area contributed by atoms with Crippen LogP contribution in [-0.4, -0.2) is 17.9 Å². The predicted octanol–water partition coefficient (Wildman–Crippen LogP) is 2.52. The number of alkyl halides is 3. The molecule has 0 aliphatic rings. The van der Waals surface area contributed by atoms with Gasteiger partial charge in [0.1, 0.15) is 6.04 Å². The smallest absolute Gasteiger partial charge is 0.368 e. The van der Waals surface area contributed by atoms with E-state index in [1.54, 1.807) is 0 Å². The van der Waals surface area contributed by atoms with E-state index >= 15 is 0 Å². The van der Waals surface area contributed by atoms with Crippen molar-refractivity contribution in [3.8, 4) is 0 Å². The molecule has 0 fully saturated rings. The van der Waals surface area contributed by atoms with Gasteiger partial charge in [0.15, 0.2) is 0 Å². The summed E-state index contributed by atoms with van der Waals surface area (Å²) in [6.45, 7) is 3.55. The Balaban J connectivity index is 2.68. The van der Waals surface area contributed by atoms with E-state index in [0.717, 1.165) is 12.1 Å². The van der Waals surface area contributed by atoms with E-state index in [1.165, 1.54) is 12.1 Å². The Hall–Kier alpha value is -1.83. The van der Waals surface area contributed by atoms with Gasteiger partial charge in [-0.1, -0.05) is 34.6 Å². The zero-order chi connectivity index (χ0) is 16.9. The number of carbonyl (C=O) groups excluding carboxylic acids is 2. The van der Waals surface area contributed by atoms with Gasteiger partial charge in [-0.3, -0.25) is 9.59 Å². The maximum atomic E-state index is 12.4. The minimum atomic E-state index is -4.42. The monoisotopic (exact) mass is 378 g/mol. The lowest BCUT2D eigenvalue weighted by molar-refractivity contribution is -0.137. The zero-order valence-electron chi connectivity index (χ0n) is 11.4. The van der Waals surface area contributed by atoms with Gasteiger partial charge in [0.25, 0.3) is 0 Å². The van der Waals surface area contributed by atoms with Gasteiger partial charge in [-0.25, -0.2) is 0 Å². The van der Waals surface area contributed by atoms with Crippen LogP contribution in [0.4, 0.5) is 13.2 Å². The lowest BCUT2D eigenvalue weighted by Gasteiger charge is -2.15. The topological polar surface area (TPSA) is 72.2 Å². The number of amides is 2. The van der Waals surface area contributed by atoms with Crippen molar-refractivity contribution in [1.82, 2.24) is 5.32 Å². The number of nitrogens with one attached hydrogen (secondary N) is 1. The van der Waals surface area contributed by atoms with E-state index in [0.29, 0.717) is 10.0 Å². The van der Waals surface area contributed by atoms with Gasteiger partial charge >= 0.3 is 6.18 Å². The molecule has 1 aromatic carbocycles. The van der Waals surface area contributed by atoms with E-state index in [9.17, 15) is 22.8 Å². The van der Waals surface area contributed by atoms with E-state index in [1.807, 2.05) is 0 Å². The van der Waals surface area contributed by atoms with E-state index in [-0.39, 0.29) is 12.8 Å². The Morgan fingerprint density at radius 3 is 2.23 bits per heavy atom. The van der Waals surface area contributed by atoms with Crippen LogP contribution < -0.4 is 11.1 Å². The van der Waals surface area contributed by atoms with Crippen molar-refractivity contribution in [2.24, 2.45) is 5.73 Å². The zero-order valence-corrected chi connectivity index (χ0v) is 13.0. The predicted molar refractivity (Wildman–Crippen MR) is 79.0 cm³/mol. The molecule has 0 heterocycles. The summed E-state index contributed by atoms with van der Waals surface area (Å²) in [7, 11) is 0. The van der Waals surface area contributed by atoms with Crippen LogP contribution in [0.15, 0.2) is 35.3 Å². The Kier molecular flexibility index (Phi) is 6.16. The van der Waals surface area contributed by atoms with Gasteiger partial charge in [-0.05, 0) is 22.2 Å².